The molecule has 12 heavy (non-hydrogen) atoms. The molecule has 70 valence electrons. The average molecular weight is 170 g/mol. The van der Waals surface area contributed by atoms with E-state index in [0.717, 1.165) is 12.3 Å². The van der Waals surface area contributed by atoms with Crippen molar-refractivity contribution in [2.24, 2.45) is 17.3 Å². The lowest BCUT2D eigenvalue weighted by Crippen LogP contribution is -2.46. The fourth-order valence-corrected chi connectivity index (χ4v) is 3.16. The number of fused-ring (bicyclic) bond motifs is 3. The Hall–Kier alpha value is -0.0800. The van der Waals surface area contributed by atoms with Crippen LogP contribution in [-0.2, 0) is 0 Å². The first-order chi connectivity index (χ1) is 5.80. The van der Waals surface area contributed by atoms with Crippen molar-refractivity contribution in [2.75, 3.05) is 13.2 Å². The summed E-state index contributed by atoms with van der Waals surface area (Å²) in [5, 5.41) is 18.6. The van der Waals surface area contributed by atoms with E-state index in [1.165, 1.54) is 25.7 Å². The maximum atomic E-state index is 9.30. The van der Waals surface area contributed by atoms with Crippen LogP contribution in [0.1, 0.15) is 32.1 Å². The predicted molar refractivity (Wildman–Crippen MR) is 46.7 cm³/mol. The van der Waals surface area contributed by atoms with Crippen molar-refractivity contribution < 1.29 is 10.2 Å². The lowest BCUT2D eigenvalue weighted by atomic mass is 9.56. The molecule has 0 spiro atoms. The molecule has 2 bridgehead atoms. The van der Waals surface area contributed by atoms with Crippen LogP contribution < -0.4 is 0 Å². The molecule has 3 rings (SSSR count). The van der Waals surface area contributed by atoms with Crippen LogP contribution in [-0.4, -0.2) is 23.4 Å². The van der Waals surface area contributed by atoms with Gasteiger partial charge in [-0.1, -0.05) is 12.8 Å². The molecule has 2 nitrogen and oxygen atoms in total. The molecular weight excluding hydrogens is 152 g/mol. The van der Waals surface area contributed by atoms with Gasteiger partial charge in [0.05, 0.1) is 13.2 Å². The van der Waals surface area contributed by atoms with Gasteiger partial charge in [0.2, 0.25) is 0 Å². The van der Waals surface area contributed by atoms with E-state index in [1.807, 2.05) is 0 Å². The van der Waals surface area contributed by atoms with Crippen molar-refractivity contribution in [3.63, 3.8) is 0 Å². The third-order valence-electron chi connectivity index (χ3n) is 4.04. The zero-order chi connectivity index (χ0) is 8.60. The molecule has 0 aromatic rings. The lowest BCUT2D eigenvalue weighted by molar-refractivity contribution is -0.0743. The summed E-state index contributed by atoms with van der Waals surface area (Å²) in [5.41, 5.74) is -0.110. The highest BCUT2D eigenvalue weighted by Gasteiger charge is 2.46. The van der Waals surface area contributed by atoms with E-state index in [4.69, 9.17) is 0 Å². The Morgan fingerprint density at radius 3 is 1.83 bits per heavy atom. The van der Waals surface area contributed by atoms with Gasteiger partial charge in [-0.25, -0.2) is 0 Å². The molecule has 0 aliphatic heterocycles. The van der Waals surface area contributed by atoms with Crippen molar-refractivity contribution in [3.8, 4) is 0 Å². The van der Waals surface area contributed by atoms with Crippen molar-refractivity contribution in [2.45, 2.75) is 32.1 Å². The summed E-state index contributed by atoms with van der Waals surface area (Å²) < 4.78 is 0. The molecule has 0 atom stereocenters. The molecule has 0 radical (unpaired) electrons. The van der Waals surface area contributed by atoms with Crippen LogP contribution >= 0.6 is 0 Å². The second-order valence-corrected chi connectivity index (χ2v) is 4.60. The Morgan fingerprint density at radius 1 is 1.00 bits per heavy atom. The number of aliphatic hydroxyl groups is 2. The molecule has 3 aliphatic rings. The second kappa shape index (κ2) is 3.00. The van der Waals surface area contributed by atoms with Crippen molar-refractivity contribution in [3.05, 3.63) is 0 Å². The Labute approximate surface area is 73.6 Å². The SMILES string of the molecule is OCC1(CO)CC2CCC1CC2. The molecule has 0 aromatic carbocycles. The third kappa shape index (κ3) is 1.09. The van der Waals surface area contributed by atoms with Crippen LogP contribution in [0, 0.1) is 17.3 Å². The first-order valence-electron chi connectivity index (χ1n) is 5.02. The molecule has 2 N–H and O–H groups in total. The largest absolute Gasteiger partial charge is 0.396 e. The van der Waals surface area contributed by atoms with Crippen LogP contribution in [0.25, 0.3) is 0 Å². The van der Waals surface area contributed by atoms with Gasteiger partial charge >= 0.3 is 0 Å². The van der Waals surface area contributed by atoms with E-state index in [1.54, 1.807) is 0 Å². The predicted octanol–water partition coefficient (Wildman–Crippen LogP) is 1.17. The van der Waals surface area contributed by atoms with Gasteiger partial charge in [-0.05, 0) is 31.1 Å². The van der Waals surface area contributed by atoms with Gasteiger partial charge in [-0.15, -0.1) is 0 Å². The lowest BCUT2D eigenvalue weighted by Gasteiger charge is -2.50. The summed E-state index contributed by atoms with van der Waals surface area (Å²) in [4.78, 5) is 0. The van der Waals surface area contributed by atoms with Crippen molar-refractivity contribution >= 4 is 0 Å². The number of rotatable bonds is 2. The minimum absolute atomic E-state index is 0.110. The standard InChI is InChI=1S/C10H18O2/c11-6-10(7-12)5-8-1-3-9(10)4-2-8/h8-9,11-12H,1-7H2. The normalized spacial score (nSPS) is 38.5. The smallest absolute Gasteiger partial charge is 0.0512 e. The Bertz CT molecular complexity index is 155. The van der Waals surface area contributed by atoms with Gasteiger partial charge in [-0.3, -0.25) is 0 Å². The van der Waals surface area contributed by atoms with E-state index in [-0.39, 0.29) is 18.6 Å². The Kier molecular flexibility index (Phi) is 2.13. The number of hydrogen-bond acceptors (Lipinski definition) is 2. The van der Waals surface area contributed by atoms with Crippen LogP contribution in [0.15, 0.2) is 0 Å². The molecule has 0 amide bonds. The van der Waals surface area contributed by atoms with Gasteiger partial charge in [0.15, 0.2) is 0 Å². The van der Waals surface area contributed by atoms with Crippen LogP contribution in [0.3, 0.4) is 0 Å². The highest BCUT2D eigenvalue weighted by molar-refractivity contribution is 4.96. The summed E-state index contributed by atoms with van der Waals surface area (Å²) in [6.07, 6.45) is 6.17. The number of aliphatic hydroxyl groups excluding tert-OH is 2. The van der Waals surface area contributed by atoms with Crippen LogP contribution in [0.2, 0.25) is 0 Å². The first-order valence-corrected chi connectivity index (χ1v) is 5.02. The van der Waals surface area contributed by atoms with E-state index in [0.29, 0.717) is 5.92 Å². The summed E-state index contributed by atoms with van der Waals surface area (Å²) in [6, 6.07) is 0. The van der Waals surface area contributed by atoms with Gasteiger partial charge in [0, 0.05) is 5.41 Å². The van der Waals surface area contributed by atoms with Gasteiger partial charge in [-0.2, -0.15) is 0 Å². The van der Waals surface area contributed by atoms with Gasteiger partial charge < -0.3 is 10.2 Å². The third-order valence-corrected chi connectivity index (χ3v) is 4.04. The fourth-order valence-electron chi connectivity index (χ4n) is 3.16. The van der Waals surface area contributed by atoms with E-state index in [9.17, 15) is 10.2 Å². The summed E-state index contributed by atoms with van der Waals surface area (Å²) in [7, 11) is 0. The van der Waals surface area contributed by atoms with E-state index in [2.05, 4.69) is 0 Å². The number of hydrogen-bond donors (Lipinski definition) is 2. The second-order valence-electron chi connectivity index (χ2n) is 4.60. The van der Waals surface area contributed by atoms with Gasteiger partial charge in [0.25, 0.3) is 0 Å². The maximum absolute atomic E-state index is 9.30. The minimum Gasteiger partial charge on any atom is -0.396 e. The molecule has 3 aliphatic carbocycles. The minimum atomic E-state index is -0.110. The van der Waals surface area contributed by atoms with Crippen LogP contribution in [0.4, 0.5) is 0 Å². The Morgan fingerprint density at radius 2 is 1.58 bits per heavy atom. The fraction of sp³-hybridized carbons (Fsp3) is 1.00. The molecule has 3 fully saturated rings. The molecule has 0 aromatic heterocycles. The molecular formula is C10H18O2. The monoisotopic (exact) mass is 170 g/mol. The molecule has 3 saturated carbocycles. The quantitative estimate of drug-likeness (QED) is 0.653. The summed E-state index contributed by atoms with van der Waals surface area (Å²) in [5.74, 6) is 1.38. The van der Waals surface area contributed by atoms with E-state index >= 15 is 0 Å². The van der Waals surface area contributed by atoms with Crippen molar-refractivity contribution in [1.82, 2.24) is 0 Å². The summed E-state index contributed by atoms with van der Waals surface area (Å²) >= 11 is 0. The average Bonchev–Trinajstić information content (AvgIpc) is 2.19. The molecule has 0 heterocycles. The Balaban J connectivity index is 2.15. The highest BCUT2D eigenvalue weighted by Crippen LogP contribution is 2.51. The van der Waals surface area contributed by atoms with E-state index < -0.39 is 0 Å². The highest BCUT2D eigenvalue weighted by atomic mass is 16.3. The van der Waals surface area contributed by atoms with Gasteiger partial charge in [0.1, 0.15) is 0 Å². The molecule has 0 saturated heterocycles. The maximum Gasteiger partial charge on any atom is 0.0512 e. The zero-order valence-corrected chi connectivity index (χ0v) is 7.50. The summed E-state index contributed by atoms with van der Waals surface area (Å²) in [6.45, 7) is 0.370. The molecule has 0 unspecified atom stereocenters. The zero-order valence-electron chi connectivity index (χ0n) is 7.50. The van der Waals surface area contributed by atoms with Crippen molar-refractivity contribution in [1.29, 1.82) is 0 Å². The molecule has 2 heteroatoms. The topological polar surface area (TPSA) is 40.5 Å². The van der Waals surface area contributed by atoms with Crippen LogP contribution in [0.5, 0.6) is 0 Å². The first kappa shape index (κ1) is 8.52.